The molecule has 1 aromatic rings. The van der Waals surface area contributed by atoms with Gasteiger partial charge in [-0.25, -0.2) is 9.79 Å². The first kappa shape index (κ1) is 19.7. The maximum atomic E-state index is 12.2. The zero-order valence-corrected chi connectivity index (χ0v) is 15.7. The van der Waals surface area contributed by atoms with Gasteiger partial charge in [-0.3, -0.25) is 5.32 Å². The van der Waals surface area contributed by atoms with E-state index in [2.05, 4.69) is 15.0 Å². The molecule has 0 aliphatic carbocycles. The summed E-state index contributed by atoms with van der Waals surface area (Å²) in [6, 6.07) is 5.54. The summed E-state index contributed by atoms with van der Waals surface area (Å²) in [5, 5.41) is 2.98. The van der Waals surface area contributed by atoms with Gasteiger partial charge in [-0.2, -0.15) is 0 Å². The second-order valence-corrected chi connectivity index (χ2v) is 7.20. The van der Waals surface area contributed by atoms with Gasteiger partial charge < -0.3 is 14.2 Å². The minimum Gasteiger partial charge on any atom is -0.611 e. The van der Waals surface area contributed by atoms with Gasteiger partial charge in [0.1, 0.15) is 5.75 Å². The number of amidine groups is 1. The fraction of sp³-hybridized carbons (Fsp3) is 0.467. The smallest absolute Gasteiger partial charge is 0.412 e. The maximum absolute atomic E-state index is 12.2. The Balaban J connectivity index is 3.22. The average molecular weight is 358 g/mol. The van der Waals surface area contributed by atoms with Crippen LogP contribution in [-0.4, -0.2) is 49.0 Å². The number of carbonyl (C=O) groups excluding carboxylic acids is 1. The molecule has 0 spiro atoms. The Labute approximate surface area is 144 Å². The largest absolute Gasteiger partial charge is 0.611 e. The minimum atomic E-state index is -1.05. The van der Waals surface area contributed by atoms with Gasteiger partial charge in [-0.15, -0.1) is 0 Å². The van der Waals surface area contributed by atoms with Crippen molar-refractivity contribution in [3.05, 3.63) is 18.2 Å². The van der Waals surface area contributed by atoms with E-state index in [9.17, 15) is 9.35 Å². The van der Waals surface area contributed by atoms with E-state index < -0.39 is 17.3 Å². The predicted molar refractivity (Wildman–Crippen MR) is 98.5 cm³/mol. The van der Waals surface area contributed by atoms with Crippen LogP contribution in [0.15, 0.2) is 28.1 Å². The summed E-state index contributed by atoms with van der Waals surface area (Å²) in [7, 11) is 5.11. The summed E-state index contributed by atoms with van der Waals surface area (Å²) in [5.74, 6) is 0.611. The van der Waals surface area contributed by atoms with E-state index >= 15 is 0 Å². The zero-order chi connectivity index (χ0) is 17.4. The van der Waals surface area contributed by atoms with E-state index in [0.717, 1.165) is 17.0 Å². The van der Waals surface area contributed by atoms with Gasteiger partial charge in [-0.05, 0) is 36.0 Å². The fourth-order valence-corrected chi connectivity index (χ4v) is 3.23. The van der Waals surface area contributed by atoms with E-state index in [4.69, 9.17) is 0 Å². The van der Waals surface area contributed by atoms with Crippen molar-refractivity contribution in [2.75, 3.05) is 38.1 Å². The molecule has 0 bridgehead atoms. The van der Waals surface area contributed by atoms with Crippen LogP contribution in [0.4, 0.5) is 16.2 Å². The second kappa shape index (κ2) is 9.69. The van der Waals surface area contributed by atoms with Crippen molar-refractivity contribution >= 4 is 45.6 Å². The van der Waals surface area contributed by atoms with Crippen LogP contribution in [0, 0.1) is 0 Å². The number of nitrogens with zero attached hydrogens (tertiary/aromatic N) is 2. The van der Waals surface area contributed by atoms with E-state index in [1.807, 2.05) is 44.3 Å². The number of rotatable bonds is 5. The molecule has 8 heteroatoms. The van der Waals surface area contributed by atoms with E-state index in [1.165, 1.54) is 18.9 Å². The first-order valence-corrected chi connectivity index (χ1v) is 9.64. The molecule has 23 heavy (non-hydrogen) atoms. The number of alkyl carbamates (subject to hydrolysis) is 1. The van der Waals surface area contributed by atoms with Gasteiger partial charge >= 0.3 is 6.09 Å². The van der Waals surface area contributed by atoms with Gasteiger partial charge in [0.25, 0.3) is 0 Å². The number of hydrogen-bond donors (Lipinski definition) is 1. The summed E-state index contributed by atoms with van der Waals surface area (Å²) in [4.78, 5) is 18.5. The third-order valence-electron chi connectivity index (χ3n) is 2.89. The number of nitrogens with one attached hydrogen (secondary N) is 1. The molecule has 1 atom stereocenters. The molecule has 1 aromatic carbocycles. The number of aliphatic imine (C=N–C) groups is 1. The third kappa shape index (κ3) is 5.96. The van der Waals surface area contributed by atoms with E-state index in [1.54, 1.807) is 6.07 Å². The molecule has 1 N–H and O–H groups in total. The average Bonchev–Trinajstić information content (AvgIpc) is 2.53. The van der Waals surface area contributed by atoms with Crippen molar-refractivity contribution in [1.82, 2.24) is 5.32 Å². The first-order valence-electron chi connectivity index (χ1n) is 7.10. The lowest BCUT2D eigenvalue weighted by Crippen LogP contribution is -2.27. The van der Waals surface area contributed by atoms with Gasteiger partial charge in [0.05, 0.1) is 18.5 Å². The summed E-state index contributed by atoms with van der Waals surface area (Å²) >= 11 is 0.246. The number of ether oxygens (including phenoxy) is 1. The number of anilines is 1. The SMILES string of the molecule is CCC[S+]([O-])c1ccc(N(C)C)c(N=C(NC(=O)OC)SC)c1. The quantitative estimate of drug-likeness (QED) is 0.498. The lowest BCUT2D eigenvalue weighted by atomic mass is 10.2. The molecule has 1 amide bonds. The molecule has 0 radical (unpaired) electrons. The summed E-state index contributed by atoms with van der Waals surface area (Å²) in [5.41, 5.74) is 1.53. The standard InChI is InChI=1S/C15H23N3O3S2/c1-6-9-23(20)11-7-8-13(18(2)3)12(10-11)16-14(22-5)17-15(19)21-4/h7-8,10H,6,9H2,1-5H3,(H,16,17,19). The number of thioether (sulfide) groups is 1. The molecule has 0 aliphatic rings. The second-order valence-electron chi connectivity index (χ2n) is 4.83. The van der Waals surface area contributed by atoms with Gasteiger partial charge in [0.2, 0.25) is 0 Å². The van der Waals surface area contributed by atoms with E-state index in [0.29, 0.717) is 16.6 Å². The van der Waals surface area contributed by atoms with Crippen LogP contribution in [-0.2, 0) is 15.9 Å². The van der Waals surface area contributed by atoms with Crippen LogP contribution < -0.4 is 10.2 Å². The highest BCUT2D eigenvalue weighted by molar-refractivity contribution is 8.13. The number of benzene rings is 1. The number of hydrogen-bond acceptors (Lipinski definition) is 6. The molecule has 6 nitrogen and oxygen atoms in total. The molecule has 0 aliphatic heterocycles. The summed E-state index contributed by atoms with van der Waals surface area (Å²) in [6.45, 7) is 2.00. The van der Waals surface area contributed by atoms with Gasteiger partial charge in [0.15, 0.2) is 10.1 Å². The number of methoxy groups -OCH3 is 1. The molecule has 1 unspecified atom stereocenters. The third-order valence-corrected chi connectivity index (χ3v) is 5.03. The normalized spacial score (nSPS) is 12.7. The molecule has 128 valence electrons. The number of amides is 1. The van der Waals surface area contributed by atoms with Crippen LogP contribution in [0.2, 0.25) is 0 Å². The highest BCUT2D eigenvalue weighted by atomic mass is 32.2. The maximum Gasteiger partial charge on any atom is 0.412 e. The monoisotopic (exact) mass is 357 g/mol. The molecular formula is C15H23N3O3S2. The van der Waals surface area contributed by atoms with Crippen LogP contribution in [0.25, 0.3) is 0 Å². The van der Waals surface area contributed by atoms with Crippen LogP contribution in [0.5, 0.6) is 0 Å². The van der Waals surface area contributed by atoms with E-state index in [-0.39, 0.29) is 0 Å². The van der Waals surface area contributed by atoms with Crippen molar-refractivity contribution in [3.8, 4) is 0 Å². The van der Waals surface area contributed by atoms with Crippen LogP contribution in [0.3, 0.4) is 0 Å². The topological polar surface area (TPSA) is 77.0 Å². The fourth-order valence-electron chi connectivity index (χ4n) is 1.79. The Morgan fingerprint density at radius 1 is 1.48 bits per heavy atom. The Morgan fingerprint density at radius 3 is 2.70 bits per heavy atom. The van der Waals surface area contributed by atoms with Gasteiger partial charge in [0, 0.05) is 20.2 Å². The first-order chi connectivity index (χ1) is 10.9. The summed E-state index contributed by atoms with van der Waals surface area (Å²) in [6.07, 6.45) is 2.08. The van der Waals surface area contributed by atoms with Crippen molar-refractivity contribution in [2.45, 2.75) is 18.2 Å². The molecule has 1 rings (SSSR count). The van der Waals surface area contributed by atoms with Crippen molar-refractivity contribution in [3.63, 3.8) is 0 Å². The molecule has 0 fully saturated rings. The molecular weight excluding hydrogens is 334 g/mol. The highest BCUT2D eigenvalue weighted by Crippen LogP contribution is 2.31. The lowest BCUT2D eigenvalue weighted by Gasteiger charge is -2.17. The Bertz CT molecular complexity index is 565. The van der Waals surface area contributed by atoms with Crippen LogP contribution >= 0.6 is 11.8 Å². The lowest BCUT2D eigenvalue weighted by molar-refractivity contribution is 0.177. The highest BCUT2D eigenvalue weighted by Gasteiger charge is 2.15. The van der Waals surface area contributed by atoms with Crippen molar-refractivity contribution < 1.29 is 14.1 Å². The van der Waals surface area contributed by atoms with Crippen molar-refractivity contribution in [1.29, 1.82) is 0 Å². The molecule has 0 aromatic heterocycles. The van der Waals surface area contributed by atoms with Crippen molar-refractivity contribution in [2.24, 2.45) is 4.99 Å². The molecule has 0 saturated carbocycles. The number of carbonyl (C=O) groups is 1. The minimum absolute atomic E-state index is 0.415. The summed E-state index contributed by atoms with van der Waals surface area (Å²) < 4.78 is 16.8. The molecule has 0 saturated heterocycles. The molecule has 0 heterocycles. The Morgan fingerprint density at radius 2 is 2.17 bits per heavy atom. The zero-order valence-electron chi connectivity index (χ0n) is 14.1. The Hall–Kier alpha value is -1.38. The van der Waals surface area contributed by atoms with Gasteiger partial charge in [-0.1, -0.05) is 18.7 Å². The Kier molecular flexibility index (Phi) is 8.29. The predicted octanol–water partition coefficient (Wildman–Crippen LogP) is 2.98. The van der Waals surface area contributed by atoms with Crippen LogP contribution in [0.1, 0.15) is 13.3 Å².